The summed E-state index contributed by atoms with van der Waals surface area (Å²) >= 11 is 6.12. The second-order valence-corrected chi connectivity index (χ2v) is 5.04. The van der Waals surface area contributed by atoms with Crippen molar-refractivity contribution in [3.05, 3.63) is 52.2 Å². The van der Waals surface area contributed by atoms with Gasteiger partial charge in [-0.3, -0.25) is 0 Å². The van der Waals surface area contributed by atoms with E-state index >= 15 is 0 Å². The van der Waals surface area contributed by atoms with E-state index in [1.807, 2.05) is 31.9 Å². The molecule has 1 heterocycles. The van der Waals surface area contributed by atoms with Crippen molar-refractivity contribution in [2.24, 2.45) is 0 Å². The Morgan fingerprint density at radius 3 is 2.60 bits per heavy atom. The Morgan fingerprint density at radius 2 is 1.95 bits per heavy atom. The zero-order valence-corrected chi connectivity index (χ0v) is 12.6. The molecular weight excluding hydrogens is 277 g/mol. The summed E-state index contributed by atoms with van der Waals surface area (Å²) in [4.78, 5) is 10.6. The van der Waals surface area contributed by atoms with Gasteiger partial charge in [0.05, 0.1) is 0 Å². The van der Waals surface area contributed by atoms with Crippen molar-refractivity contribution >= 4 is 17.4 Å². The molecular formula is C15H17ClFN3. The number of benzene rings is 1. The molecule has 1 aromatic carbocycles. The summed E-state index contributed by atoms with van der Waals surface area (Å²) in [6.45, 7) is 4.28. The van der Waals surface area contributed by atoms with E-state index in [9.17, 15) is 4.39 Å². The largest absolute Gasteiger partial charge is 0.355 e. The van der Waals surface area contributed by atoms with Gasteiger partial charge in [-0.1, -0.05) is 36.7 Å². The van der Waals surface area contributed by atoms with Crippen molar-refractivity contribution in [1.29, 1.82) is 0 Å². The normalized spacial score (nSPS) is 10.7. The molecule has 0 atom stereocenters. The average Bonchev–Trinajstić information content (AvgIpc) is 2.44. The number of aromatic nitrogens is 2. The molecule has 0 saturated carbocycles. The summed E-state index contributed by atoms with van der Waals surface area (Å²) in [6, 6.07) is 6.73. The van der Waals surface area contributed by atoms with Gasteiger partial charge >= 0.3 is 0 Å². The van der Waals surface area contributed by atoms with E-state index in [0.29, 0.717) is 29.5 Å². The highest BCUT2D eigenvalue weighted by Gasteiger charge is 2.14. The molecule has 0 bridgehead atoms. The predicted octanol–water partition coefficient (Wildman–Crippen LogP) is 3.78. The van der Waals surface area contributed by atoms with Crippen LogP contribution in [0.2, 0.25) is 5.15 Å². The standard InChI is InChI=1S/C15H17ClFN3/c1-4-13-18-14(16)10(2)15(19-13)20(3)9-11-7-5-6-8-12(11)17/h5-8H,4,9H2,1-3H3. The zero-order chi connectivity index (χ0) is 14.7. The van der Waals surface area contributed by atoms with E-state index in [1.54, 1.807) is 12.1 Å². The molecule has 0 aliphatic heterocycles. The fourth-order valence-corrected chi connectivity index (χ4v) is 2.19. The van der Waals surface area contributed by atoms with Crippen LogP contribution in [0.1, 0.15) is 23.9 Å². The minimum atomic E-state index is -0.215. The van der Waals surface area contributed by atoms with Crippen LogP contribution in [-0.2, 0) is 13.0 Å². The van der Waals surface area contributed by atoms with Crippen molar-refractivity contribution in [3.8, 4) is 0 Å². The molecule has 106 valence electrons. The first-order valence-corrected chi connectivity index (χ1v) is 6.88. The van der Waals surface area contributed by atoms with Crippen LogP contribution in [0.5, 0.6) is 0 Å². The lowest BCUT2D eigenvalue weighted by molar-refractivity contribution is 0.607. The lowest BCUT2D eigenvalue weighted by atomic mass is 10.2. The van der Waals surface area contributed by atoms with Gasteiger partial charge < -0.3 is 4.90 Å². The molecule has 2 rings (SSSR count). The second kappa shape index (κ2) is 6.18. The average molecular weight is 294 g/mol. The zero-order valence-electron chi connectivity index (χ0n) is 11.8. The summed E-state index contributed by atoms with van der Waals surface area (Å²) in [6.07, 6.45) is 0.709. The van der Waals surface area contributed by atoms with Crippen molar-refractivity contribution in [2.75, 3.05) is 11.9 Å². The van der Waals surface area contributed by atoms with Gasteiger partial charge in [-0.15, -0.1) is 0 Å². The highest BCUT2D eigenvalue weighted by molar-refractivity contribution is 6.30. The van der Waals surface area contributed by atoms with Gasteiger partial charge in [0, 0.05) is 31.1 Å². The van der Waals surface area contributed by atoms with Crippen LogP contribution in [0.15, 0.2) is 24.3 Å². The lowest BCUT2D eigenvalue weighted by Gasteiger charge is -2.21. The molecule has 2 aromatic rings. The van der Waals surface area contributed by atoms with Gasteiger partial charge in [-0.25, -0.2) is 14.4 Å². The maximum absolute atomic E-state index is 13.7. The van der Waals surface area contributed by atoms with Crippen LogP contribution in [0.4, 0.5) is 10.2 Å². The van der Waals surface area contributed by atoms with Crippen LogP contribution >= 0.6 is 11.6 Å². The highest BCUT2D eigenvalue weighted by Crippen LogP contribution is 2.24. The monoisotopic (exact) mass is 293 g/mol. The quantitative estimate of drug-likeness (QED) is 0.804. The number of rotatable bonds is 4. The van der Waals surface area contributed by atoms with Crippen molar-refractivity contribution in [3.63, 3.8) is 0 Å². The topological polar surface area (TPSA) is 29.0 Å². The number of hydrogen-bond donors (Lipinski definition) is 0. The van der Waals surface area contributed by atoms with E-state index in [2.05, 4.69) is 9.97 Å². The summed E-state index contributed by atoms with van der Waals surface area (Å²) in [5, 5.41) is 0.451. The van der Waals surface area contributed by atoms with Crippen LogP contribution in [0.25, 0.3) is 0 Å². The van der Waals surface area contributed by atoms with Gasteiger partial charge in [-0.05, 0) is 13.0 Å². The number of anilines is 1. The molecule has 0 fully saturated rings. The second-order valence-electron chi connectivity index (χ2n) is 4.68. The number of nitrogens with zero attached hydrogens (tertiary/aromatic N) is 3. The third-order valence-electron chi connectivity index (χ3n) is 3.15. The maximum Gasteiger partial charge on any atom is 0.137 e. The first-order chi connectivity index (χ1) is 9.52. The fourth-order valence-electron chi connectivity index (χ4n) is 2.01. The van der Waals surface area contributed by atoms with Crippen LogP contribution < -0.4 is 4.90 Å². The first kappa shape index (κ1) is 14.7. The van der Waals surface area contributed by atoms with Crippen LogP contribution in [-0.4, -0.2) is 17.0 Å². The Morgan fingerprint density at radius 1 is 1.25 bits per heavy atom. The molecule has 0 radical (unpaired) electrons. The van der Waals surface area contributed by atoms with Crippen molar-refractivity contribution in [1.82, 2.24) is 9.97 Å². The van der Waals surface area contributed by atoms with Crippen LogP contribution in [0, 0.1) is 12.7 Å². The molecule has 0 aliphatic carbocycles. The molecule has 3 nitrogen and oxygen atoms in total. The Hall–Kier alpha value is -1.68. The number of hydrogen-bond acceptors (Lipinski definition) is 3. The molecule has 0 amide bonds. The molecule has 0 saturated heterocycles. The van der Waals surface area contributed by atoms with Crippen LogP contribution in [0.3, 0.4) is 0 Å². The van der Waals surface area contributed by atoms with E-state index in [1.165, 1.54) is 6.07 Å². The SMILES string of the molecule is CCc1nc(Cl)c(C)c(N(C)Cc2ccccc2F)n1. The molecule has 0 aliphatic rings. The summed E-state index contributed by atoms with van der Waals surface area (Å²) in [5.41, 5.74) is 1.44. The fraction of sp³-hybridized carbons (Fsp3) is 0.333. The van der Waals surface area contributed by atoms with E-state index in [0.717, 1.165) is 11.4 Å². The minimum Gasteiger partial charge on any atom is -0.355 e. The Balaban J connectivity index is 2.32. The molecule has 5 heteroatoms. The van der Waals surface area contributed by atoms with Gasteiger partial charge in [0.2, 0.25) is 0 Å². The summed E-state index contributed by atoms with van der Waals surface area (Å²) < 4.78 is 13.7. The third kappa shape index (κ3) is 3.07. The van der Waals surface area contributed by atoms with Gasteiger partial charge in [-0.2, -0.15) is 0 Å². The highest BCUT2D eigenvalue weighted by atomic mass is 35.5. The van der Waals surface area contributed by atoms with Gasteiger partial charge in [0.15, 0.2) is 0 Å². The Kier molecular flexibility index (Phi) is 4.55. The molecule has 0 N–H and O–H groups in total. The van der Waals surface area contributed by atoms with Gasteiger partial charge in [0.1, 0.15) is 22.6 Å². The van der Waals surface area contributed by atoms with E-state index in [4.69, 9.17) is 11.6 Å². The number of aryl methyl sites for hydroxylation is 1. The Bertz CT molecular complexity index is 616. The van der Waals surface area contributed by atoms with E-state index in [-0.39, 0.29) is 5.82 Å². The minimum absolute atomic E-state index is 0.215. The lowest BCUT2D eigenvalue weighted by Crippen LogP contribution is -2.20. The van der Waals surface area contributed by atoms with Gasteiger partial charge in [0.25, 0.3) is 0 Å². The molecule has 0 spiro atoms. The summed E-state index contributed by atoms with van der Waals surface area (Å²) in [7, 11) is 1.87. The summed E-state index contributed by atoms with van der Waals surface area (Å²) in [5.74, 6) is 1.22. The molecule has 20 heavy (non-hydrogen) atoms. The number of halogens is 2. The van der Waals surface area contributed by atoms with E-state index < -0.39 is 0 Å². The maximum atomic E-state index is 13.7. The third-order valence-corrected chi connectivity index (χ3v) is 3.52. The first-order valence-electron chi connectivity index (χ1n) is 6.50. The Labute approximate surface area is 123 Å². The van der Waals surface area contributed by atoms with Crippen molar-refractivity contribution < 1.29 is 4.39 Å². The predicted molar refractivity (Wildman–Crippen MR) is 79.7 cm³/mol. The molecule has 0 unspecified atom stereocenters. The molecule has 1 aromatic heterocycles. The van der Waals surface area contributed by atoms with Crippen molar-refractivity contribution in [2.45, 2.75) is 26.8 Å². The smallest absolute Gasteiger partial charge is 0.137 e.